The summed E-state index contributed by atoms with van der Waals surface area (Å²) >= 11 is 11.9. The predicted octanol–water partition coefficient (Wildman–Crippen LogP) is 3.89. The van der Waals surface area contributed by atoms with Crippen molar-refractivity contribution >= 4 is 35.1 Å². The molecular weight excluding hydrogens is 309 g/mol. The maximum Gasteiger partial charge on any atom is 0.163 e. The average molecular weight is 324 g/mol. The van der Waals surface area contributed by atoms with Gasteiger partial charge in [-0.2, -0.15) is 5.10 Å². The quantitative estimate of drug-likeness (QED) is 0.784. The first-order valence-corrected chi connectivity index (χ1v) is 7.14. The molecule has 0 bridgehead atoms. The van der Waals surface area contributed by atoms with Crippen molar-refractivity contribution in [1.29, 1.82) is 0 Å². The lowest BCUT2D eigenvalue weighted by Crippen LogP contribution is -2.28. The van der Waals surface area contributed by atoms with E-state index in [0.29, 0.717) is 16.6 Å². The van der Waals surface area contributed by atoms with Gasteiger partial charge in [-0.05, 0) is 29.8 Å². The summed E-state index contributed by atoms with van der Waals surface area (Å²) in [6, 6.07) is 5.16. The van der Waals surface area contributed by atoms with Crippen LogP contribution in [-0.4, -0.2) is 20.5 Å². The van der Waals surface area contributed by atoms with E-state index >= 15 is 0 Å². The van der Waals surface area contributed by atoms with Crippen LogP contribution >= 0.6 is 23.2 Å². The van der Waals surface area contributed by atoms with Gasteiger partial charge in [0.2, 0.25) is 0 Å². The van der Waals surface area contributed by atoms with Crippen LogP contribution in [0.15, 0.2) is 36.9 Å². The highest BCUT2D eigenvalue weighted by Gasteiger charge is 2.26. The molecule has 0 aliphatic carbocycles. The van der Waals surface area contributed by atoms with Gasteiger partial charge in [0, 0.05) is 15.5 Å². The zero-order valence-electron chi connectivity index (χ0n) is 11.8. The van der Waals surface area contributed by atoms with Crippen LogP contribution in [0.2, 0.25) is 10.0 Å². The molecule has 4 nitrogen and oxygen atoms in total. The van der Waals surface area contributed by atoms with Crippen molar-refractivity contribution in [2.75, 3.05) is 0 Å². The van der Waals surface area contributed by atoms with Gasteiger partial charge in [-0.25, -0.2) is 4.98 Å². The number of hydrogen-bond donors (Lipinski definition) is 0. The van der Waals surface area contributed by atoms with Gasteiger partial charge in [-0.1, -0.05) is 43.1 Å². The van der Waals surface area contributed by atoms with Gasteiger partial charge in [-0.3, -0.25) is 9.48 Å². The molecule has 0 N–H and O–H groups in total. The molecule has 1 heterocycles. The van der Waals surface area contributed by atoms with Crippen molar-refractivity contribution in [3.8, 4) is 0 Å². The molecule has 0 spiro atoms. The molecule has 0 fully saturated rings. The van der Waals surface area contributed by atoms with Crippen LogP contribution in [0.1, 0.15) is 19.4 Å². The SMILES string of the molecule is CC(C)(Cn1cncn1)C(=O)C=Cc1ccc(Cl)cc1Cl. The van der Waals surface area contributed by atoms with Crippen LogP contribution in [0.3, 0.4) is 0 Å². The normalized spacial score (nSPS) is 12.0. The summed E-state index contributed by atoms with van der Waals surface area (Å²) in [6.07, 6.45) is 6.27. The second kappa shape index (κ2) is 6.41. The first-order valence-electron chi connectivity index (χ1n) is 6.38. The summed E-state index contributed by atoms with van der Waals surface area (Å²) in [7, 11) is 0. The lowest BCUT2D eigenvalue weighted by atomic mass is 9.87. The van der Waals surface area contributed by atoms with E-state index in [4.69, 9.17) is 23.2 Å². The number of aromatic nitrogens is 3. The molecule has 0 unspecified atom stereocenters. The van der Waals surface area contributed by atoms with Gasteiger partial charge in [0.1, 0.15) is 12.7 Å². The molecule has 1 aromatic heterocycles. The van der Waals surface area contributed by atoms with Gasteiger partial charge in [0.25, 0.3) is 0 Å². The van der Waals surface area contributed by atoms with Crippen molar-refractivity contribution < 1.29 is 4.79 Å². The number of nitrogens with zero attached hydrogens (tertiary/aromatic N) is 3. The third-order valence-corrected chi connectivity index (χ3v) is 3.63. The zero-order chi connectivity index (χ0) is 15.5. The molecule has 1 aromatic carbocycles. The van der Waals surface area contributed by atoms with Crippen molar-refractivity contribution in [2.45, 2.75) is 20.4 Å². The molecule has 21 heavy (non-hydrogen) atoms. The topological polar surface area (TPSA) is 47.8 Å². The van der Waals surface area contributed by atoms with E-state index < -0.39 is 5.41 Å². The Labute approximate surface area is 133 Å². The highest BCUT2D eigenvalue weighted by atomic mass is 35.5. The predicted molar refractivity (Wildman–Crippen MR) is 84.3 cm³/mol. The Kier molecular flexibility index (Phi) is 4.80. The third-order valence-electron chi connectivity index (χ3n) is 3.07. The average Bonchev–Trinajstić information content (AvgIpc) is 2.89. The fraction of sp³-hybridized carbons (Fsp3) is 0.267. The monoisotopic (exact) mass is 323 g/mol. The Hall–Kier alpha value is -1.65. The number of benzene rings is 1. The molecule has 2 aromatic rings. The van der Waals surface area contributed by atoms with Crippen LogP contribution in [0.5, 0.6) is 0 Å². The van der Waals surface area contributed by atoms with Crippen LogP contribution < -0.4 is 0 Å². The van der Waals surface area contributed by atoms with Crippen LogP contribution in [-0.2, 0) is 11.3 Å². The second-order valence-corrected chi connectivity index (χ2v) is 6.18. The van der Waals surface area contributed by atoms with Crippen LogP contribution in [0, 0.1) is 5.41 Å². The molecule has 0 atom stereocenters. The van der Waals surface area contributed by atoms with Gasteiger partial charge in [0.15, 0.2) is 5.78 Å². The van der Waals surface area contributed by atoms with Crippen LogP contribution in [0.25, 0.3) is 6.08 Å². The van der Waals surface area contributed by atoms with E-state index in [2.05, 4.69) is 10.1 Å². The fourth-order valence-corrected chi connectivity index (χ4v) is 2.30. The largest absolute Gasteiger partial charge is 0.294 e. The number of ketones is 1. The smallest absolute Gasteiger partial charge is 0.163 e. The van der Waals surface area contributed by atoms with E-state index in [0.717, 1.165) is 5.56 Å². The highest BCUT2D eigenvalue weighted by molar-refractivity contribution is 6.35. The minimum atomic E-state index is -0.580. The summed E-state index contributed by atoms with van der Waals surface area (Å²) in [5.41, 5.74) is 0.175. The van der Waals surface area contributed by atoms with E-state index in [9.17, 15) is 4.79 Å². The molecule has 0 aliphatic heterocycles. The molecule has 2 rings (SSSR count). The zero-order valence-corrected chi connectivity index (χ0v) is 13.3. The van der Waals surface area contributed by atoms with Gasteiger partial charge in [0.05, 0.1) is 6.54 Å². The molecule has 0 aliphatic rings. The lowest BCUT2D eigenvalue weighted by molar-refractivity contribution is -0.122. The number of rotatable bonds is 5. The Morgan fingerprint density at radius 3 is 2.76 bits per heavy atom. The Balaban J connectivity index is 2.10. The Morgan fingerprint density at radius 2 is 2.14 bits per heavy atom. The minimum absolute atomic E-state index is 0.0102. The van der Waals surface area contributed by atoms with E-state index in [1.807, 2.05) is 13.8 Å². The summed E-state index contributed by atoms with van der Waals surface area (Å²) < 4.78 is 1.64. The summed E-state index contributed by atoms with van der Waals surface area (Å²) in [4.78, 5) is 16.2. The number of halogens is 2. The summed E-state index contributed by atoms with van der Waals surface area (Å²) in [5.74, 6) is -0.0102. The van der Waals surface area contributed by atoms with Gasteiger partial charge < -0.3 is 0 Å². The molecular formula is C15H15Cl2N3O. The lowest BCUT2D eigenvalue weighted by Gasteiger charge is -2.20. The standard InChI is InChI=1S/C15H15Cl2N3O/c1-15(2,8-20-10-18-9-19-20)14(21)6-4-11-3-5-12(16)7-13(11)17/h3-7,9-10H,8H2,1-2H3. The van der Waals surface area contributed by atoms with Crippen molar-refractivity contribution in [2.24, 2.45) is 5.41 Å². The molecule has 0 saturated carbocycles. The maximum absolute atomic E-state index is 12.3. The van der Waals surface area contributed by atoms with Crippen molar-refractivity contribution in [3.63, 3.8) is 0 Å². The molecule has 0 radical (unpaired) electrons. The Morgan fingerprint density at radius 1 is 1.38 bits per heavy atom. The molecule has 0 amide bonds. The first-order chi connectivity index (χ1) is 9.88. The fourth-order valence-electron chi connectivity index (χ4n) is 1.83. The van der Waals surface area contributed by atoms with E-state index in [1.165, 1.54) is 12.4 Å². The molecule has 110 valence electrons. The third kappa shape index (κ3) is 4.16. The van der Waals surface area contributed by atoms with Gasteiger partial charge in [-0.15, -0.1) is 0 Å². The second-order valence-electron chi connectivity index (χ2n) is 5.34. The molecule has 0 saturated heterocycles. The number of hydrogen-bond acceptors (Lipinski definition) is 3. The van der Waals surface area contributed by atoms with Crippen LogP contribution in [0.4, 0.5) is 0 Å². The van der Waals surface area contributed by atoms with Crippen molar-refractivity contribution in [1.82, 2.24) is 14.8 Å². The maximum atomic E-state index is 12.3. The first kappa shape index (κ1) is 15.7. The van der Waals surface area contributed by atoms with Gasteiger partial charge >= 0.3 is 0 Å². The number of carbonyl (C=O) groups is 1. The Bertz CT molecular complexity index is 664. The van der Waals surface area contributed by atoms with Crippen molar-refractivity contribution in [3.05, 3.63) is 52.5 Å². The number of carbonyl (C=O) groups excluding carboxylic acids is 1. The number of allylic oxidation sites excluding steroid dienone is 1. The highest BCUT2D eigenvalue weighted by Crippen LogP contribution is 2.24. The van der Waals surface area contributed by atoms with E-state index in [-0.39, 0.29) is 5.78 Å². The summed E-state index contributed by atoms with van der Waals surface area (Å²) in [6.45, 7) is 4.19. The molecule has 6 heteroatoms. The summed E-state index contributed by atoms with van der Waals surface area (Å²) in [5, 5.41) is 5.10. The van der Waals surface area contributed by atoms with E-state index in [1.54, 1.807) is 35.3 Å². The minimum Gasteiger partial charge on any atom is -0.294 e.